The van der Waals surface area contributed by atoms with Gasteiger partial charge in [-0.05, 0) is 44.9 Å². The molecule has 0 heterocycles. The molecule has 20 heavy (non-hydrogen) atoms. The van der Waals surface area contributed by atoms with Gasteiger partial charge in [0, 0.05) is 12.5 Å². The Kier molecular flexibility index (Phi) is 9.33. The number of hydrogen-bond donors (Lipinski definition) is 0. The lowest BCUT2D eigenvalue weighted by Gasteiger charge is -1.92. The first-order valence-corrected chi connectivity index (χ1v) is 6.26. The Hall–Kier alpha value is -2.34. The summed E-state index contributed by atoms with van der Waals surface area (Å²) in [5.74, 6) is 5.52. The molecule has 0 N–H and O–H groups in total. The van der Waals surface area contributed by atoms with E-state index < -0.39 is 5.97 Å². The van der Waals surface area contributed by atoms with Gasteiger partial charge in [0.25, 0.3) is 0 Å². The van der Waals surface area contributed by atoms with E-state index in [9.17, 15) is 9.59 Å². The number of carbonyl (C=O) groups is 2. The molecule has 0 saturated carbocycles. The highest BCUT2D eigenvalue weighted by Crippen LogP contribution is 2.00. The fraction of sp³-hybridized carbons (Fsp3) is 0.294. The lowest BCUT2D eigenvalue weighted by molar-refractivity contribution is -0.135. The van der Waals surface area contributed by atoms with Gasteiger partial charge < -0.3 is 4.74 Å². The van der Waals surface area contributed by atoms with Crippen LogP contribution in [0.25, 0.3) is 0 Å². The van der Waals surface area contributed by atoms with Gasteiger partial charge in [-0.1, -0.05) is 29.6 Å². The van der Waals surface area contributed by atoms with E-state index in [1.165, 1.54) is 19.3 Å². The number of carbonyl (C=O) groups excluding carboxylic acids is 2. The topological polar surface area (TPSA) is 43.4 Å². The predicted octanol–water partition coefficient (Wildman–Crippen LogP) is 3.49. The predicted molar refractivity (Wildman–Crippen MR) is 80.6 cm³/mol. The first kappa shape index (κ1) is 17.7. The van der Waals surface area contributed by atoms with Gasteiger partial charge >= 0.3 is 5.97 Å². The van der Waals surface area contributed by atoms with Crippen LogP contribution in [-0.4, -0.2) is 12.3 Å². The molecule has 0 aliphatic carbocycles. The van der Waals surface area contributed by atoms with Gasteiger partial charge in [-0.25, -0.2) is 0 Å². The normalized spacial score (nSPS) is 11.6. The van der Waals surface area contributed by atoms with Crippen LogP contribution in [0, 0.1) is 11.8 Å². The van der Waals surface area contributed by atoms with Gasteiger partial charge in [-0.3, -0.25) is 9.59 Å². The van der Waals surface area contributed by atoms with Gasteiger partial charge in [0.15, 0.2) is 0 Å². The number of rotatable bonds is 5. The Balaban J connectivity index is 4.53. The summed E-state index contributed by atoms with van der Waals surface area (Å²) in [7, 11) is 0. The van der Waals surface area contributed by atoms with Crippen LogP contribution < -0.4 is 0 Å². The molecule has 3 nitrogen and oxygen atoms in total. The Morgan fingerprint density at radius 1 is 1.15 bits per heavy atom. The molecular formula is C17H20O3. The standard InChI is InChI=1S/C17H20O3/c1-14(2)7-5-8-15(3)9-6-10-17(13-18)11-12-20-16(4)19/h7,9-13H,6H2,1-4H3/b12-11+,15-9-,17-10-. The first-order valence-electron chi connectivity index (χ1n) is 6.26. The van der Waals surface area contributed by atoms with Gasteiger partial charge in [0.2, 0.25) is 0 Å². The van der Waals surface area contributed by atoms with Crippen molar-refractivity contribution in [2.75, 3.05) is 0 Å². The van der Waals surface area contributed by atoms with Gasteiger partial charge in [-0.2, -0.15) is 0 Å². The molecule has 106 valence electrons. The van der Waals surface area contributed by atoms with E-state index in [1.807, 2.05) is 32.9 Å². The van der Waals surface area contributed by atoms with Crippen molar-refractivity contribution in [3.63, 3.8) is 0 Å². The number of aldehydes is 1. The molecule has 3 heteroatoms. The van der Waals surface area contributed by atoms with Crippen LogP contribution in [0.3, 0.4) is 0 Å². The van der Waals surface area contributed by atoms with E-state index in [2.05, 4.69) is 16.6 Å². The summed E-state index contributed by atoms with van der Waals surface area (Å²) in [5, 5.41) is 0. The van der Waals surface area contributed by atoms with Crippen LogP contribution in [0.2, 0.25) is 0 Å². The Morgan fingerprint density at radius 3 is 2.40 bits per heavy atom. The minimum atomic E-state index is -0.420. The third-order valence-electron chi connectivity index (χ3n) is 2.04. The van der Waals surface area contributed by atoms with Crippen molar-refractivity contribution in [1.82, 2.24) is 0 Å². The molecule has 0 unspecified atom stereocenters. The Bertz CT molecular complexity index is 516. The summed E-state index contributed by atoms with van der Waals surface area (Å²) in [4.78, 5) is 21.3. The van der Waals surface area contributed by atoms with Gasteiger partial charge in [0.1, 0.15) is 6.29 Å². The smallest absolute Gasteiger partial charge is 0.307 e. The van der Waals surface area contributed by atoms with Crippen LogP contribution in [0.1, 0.15) is 34.1 Å². The largest absolute Gasteiger partial charge is 0.435 e. The lowest BCUT2D eigenvalue weighted by atomic mass is 10.2. The van der Waals surface area contributed by atoms with E-state index in [-0.39, 0.29) is 0 Å². The molecule has 0 aromatic rings. The summed E-state index contributed by atoms with van der Waals surface area (Å²) in [6.07, 6.45) is 9.46. The summed E-state index contributed by atoms with van der Waals surface area (Å²) in [5.41, 5.74) is 2.55. The first-order chi connectivity index (χ1) is 9.45. The fourth-order valence-corrected chi connectivity index (χ4v) is 1.08. The summed E-state index contributed by atoms with van der Waals surface area (Å²) >= 11 is 0. The second-order valence-electron chi connectivity index (χ2n) is 4.35. The maximum Gasteiger partial charge on any atom is 0.307 e. The molecule has 0 spiro atoms. The molecule has 0 atom stereocenters. The second kappa shape index (κ2) is 10.6. The summed E-state index contributed by atoms with van der Waals surface area (Å²) < 4.78 is 4.61. The Labute approximate surface area is 120 Å². The average molecular weight is 272 g/mol. The third-order valence-corrected chi connectivity index (χ3v) is 2.04. The minimum Gasteiger partial charge on any atom is -0.435 e. The molecule has 0 fully saturated rings. The maximum absolute atomic E-state index is 10.8. The van der Waals surface area contributed by atoms with Crippen molar-refractivity contribution in [2.45, 2.75) is 34.1 Å². The van der Waals surface area contributed by atoms with Crippen molar-refractivity contribution < 1.29 is 14.3 Å². The maximum atomic E-state index is 10.8. The zero-order chi connectivity index (χ0) is 15.4. The fourth-order valence-electron chi connectivity index (χ4n) is 1.08. The van der Waals surface area contributed by atoms with E-state index in [1.54, 1.807) is 6.08 Å². The zero-order valence-electron chi connectivity index (χ0n) is 12.4. The van der Waals surface area contributed by atoms with E-state index >= 15 is 0 Å². The van der Waals surface area contributed by atoms with Crippen LogP contribution in [0.5, 0.6) is 0 Å². The lowest BCUT2D eigenvalue weighted by Crippen LogP contribution is -1.90. The molecule has 0 bridgehead atoms. The highest BCUT2D eigenvalue weighted by atomic mass is 16.5. The van der Waals surface area contributed by atoms with Crippen LogP contribution >= 0.6 is 0 Å². The van der Waals surface area contributed by atoms with E-state index in [0.717, 1.165) is 11.1 Å². The quantitative estimate of drug-likeness (QED) is 0.192. The molecule has 0 saturated heterocycles. The number of hydrogen-bond acceptors (Lipinski definition) is 3. The van der Waals surface area contributed by atoms with Crippen LogP contribution in [-0.2, 0) is 14.3 Å². The second-order valence-corrected chi connectivity index (χ2v) is 4.35. The highest BCUT2D eigenvalue weighted by molar-refractivity contribution is 5.77. The molecule has 0 aromatic heterocycles. The van der Waals surface area contributed by atoms with Crippen molar-refractivity contribution in [3.05, 3.63) is 47.3 Å². The van der Waals surface area contributed by atoms with Crippen molar-refractivity contribution in [1.29, 1.82) is 0 Å². The van der Waals surface area contributed by atoms with Crippen LogP contribution in [0.15, 0.2) is 47.3 Å². The van der Waals surface area contributed by atoms with Gasteiger partial charge in [0.05, 0.1) is 6.26 Å². The number of allylic oxidation sites excluding steroid dienone is 7. The number of ether oxygens (including phenoxy) is 1. The number of esters is 1. The molecule has 0 aromatic carbocycles. The molecule has 0 amide bonds. The van der Waals surface area contributed by atoms with Crippen molar-refractivity contribution in [2.24, 2.45) is 0 Å². The van der Waals surface area contributed by atoms with Crippen molar-refractivity contribution >= 4 is 12.3 Å². The molecular weight excluding hydrogens is 252 g/mol. The monoisotopic (exact) mass is 272 g/mol. The SMILES string of the molecule is CC(=O)O/C=C/C(C=O)=C/C/C=C(/C)C#CC=C(C)C. The Morgan fingerprint density at radius 2 is 1.85 bits per heavy atom. The zero-order valence-corrected chi connectivity index (χ0v) is 12.4. The van der Waals surface area contributed by atoms with Crippen LogP contribution in [0.4, 0.5) is 0 Å². The third kappa shape index (κ3) is 10.8. The summed E-state index contributed by atoms with van der Waals surface area (Å²) in [6.45, 7) is 7.19. The molecule has 0 rings (SSSR count). The van der Waals surface area contributed by atoms with Gasteiger partial charge in [-0.15, -0.1) is 0 Å². The average Bonchev–Trinajstić information content (AvgIpc) is 2.36. The summed E-state index contributed by atoms with van der Waals surface area (Å²) in [6, 6.07) is 0. The molecule has 0 aliphatic heterocycles. The minimum absolute atomic E-state index is 0.420. The molecule has 0 aliphatic rings. The van der Waals surface area contributed by atoms with Crippen molar-refractivity contribution in [3.8, 4) is 11.8 Å². The van der Waals surface area contributed by atoms with E-state index in [4.69, 9.17) is 0 Å². The van der Waals surface area contributed by atoms with E-state index in [0.29, 0.717) is 18.3 Å². The molecule has 0 radical (unpaired) electrons. The highest BCUT2D eigenvalue weighted by Gasteiger charge is 1.90.